The fourth-order valence-electron chi connectivity index (χ4n) is 4.08. The molecule has 0 spiro atoms. The van der Waals surface area contributed by atoms with Crippen molar-refractivity contribution in [2.75, 3.05) is 33.5 Å². The average molecular weight is 527 g/mol. The van der Waals surface area contributed by atoms with E-state index in [4.69, 9.17) is 33.2 Å². The van der Waals surface area contributed by atoms with E-state index >= 15 is 0 Å². The van der Waals surface area contributed by atoms with Gasteiger partial charge in [0, 0.05) is 6.08 Å². The Hall–Kier alpha value is -3.89. The summed E-state index contributed by atoms with van der Waals surface area (Å²) < 4.78 is 38.4. The highest BCUT2D eigenvalue weighted by atomic mass is 16.7. The van der Waals surface area contributed by atoms with Gasteiger partial charge in [-0.3, -0.25) is 0 Å². The van der Waals surface area contributed by atoms with Gasteiger partial charge in [0.2, 0.25) is 0 Å². The maximum atomic E-state index is 12.7. The van der Waals surface area contributed by atoms with Crippen LogP contribution >= 0.6 is 0 Å². The van der Waals surface area contributed by atoms with Crippen molar-refractivity contribution in [3.05, 3.63) is 72.3 Å². The molecule has 0 aliphatic carbocycles. The summed E-state index contributed by atoms with van der Waals surface area (Å²) in [6.45, 7) is 4.38. The smallest absolute Gasteiger partial charge is 0.338 e. The lowest BCUT2D eigenvalue weighted by atomic mass is 10.1. The molecule has 4 rings (SSSR count). The number of ether oxygens (including phenoxy) is 7. The SMILES string of the molecule is C=CC(=O)OCCCCOc1ccc(C(=O)O[C@H]2CO[C@H]3[C@@H]2OC[C@H]3OC(=O)c2ccc(OC)cc2)cc1. The molecule has 202 valence electrons. The molecule has 0 N–H and O–H groups in total. The predicted molar refractivity (Wildman–Crippen MR) is 133 cm³/mol. The van der Waals surface area contributed by atoms with Gasteiger partial charge < -0.3 is 33.2 Å². The molecule has 2 aliphatic rings. The van der Waals surface area contributed by atoms with Gasteiger partial charge in [-0.15, -0.1) is 0 Å². The standard InChI is InChI=1S/C28H30O10/c1-3-24(29)34-15-5-4-14-33-21-12-8-19(9-13-21)28(31)38-23-17-36-25-22(16-35-26(23)25)37-27(30)18-6-10-20(32-2)11-7-18/h3,6-13,22-23,25-26H,1,4-5,14-17H2,2H3/t22-,23+,25-,26-/m1/s1. The number of hydrogen-bond acceptors (Lipinski definition) is 10. The number of rotatable bonds is 12. The molecule has 2 saturated heterocycles. The quantitative estimate of drug-likeness (QED) is 0.177. The monoisotopic (exact) mass is 526 g/mol. The minimum atomic E-state index is -0.622. The second kappa shape index (κ2) is 13.1. The molecule has 2 aliphatic heterocycles. The van der Waals surface area contributed by atoms with Gasteiger partial charge in [0.25, 0.3) is 0 Å². The molecule has 2 aromatic carbocycles. The second-order valence-electron chi connectivity index (χ2n) is 8.66. The third-order valence-electron chi connectivity index (χ3n) is 6.11. The van der Waals surface area contributed by atoms with Crippen LogP contribution in [-0.4, -0.2) is 75.9 Å². The van der Waals surface area contributed by atoms with Gasteiger partial charge in [-0.1, -0.05) is 6.58 Å². The van der Waals surface area contributed by atoms with Crippen LogP contribution in [0.1, 0.15) is 33.6 Å². The molecule has 10 nitrogen and oxygen atoms in total. The molecule has 38 heavy (non-hydrogen) atoms. The Labute approximate surface area is 220 Å². The maximum absolute atomic E-state index is 12.7. The van der Waals surface area contributed by atoms with Gasteiger partial charge in [0.1, 0.15) is 23.7 Å². The molecule has 0 unspecified atom stereocenters. The first-order chi connectivity index (χ1) is 18.5. The molecule has 2 heterocycles. The van der Waals surface area contributed by atoms with E-state index < -0.39 is 42.3 Å². The van der Waals surface area contributed by atoms with Crippen LogP contribution in [0.5, 0.6) is 11.5 Å². The molecule has 0 amide bonds. The Morgan fingerprint density at radius 2 is 1.32 bits per heavy atom. The van der Waals surface area contributed by atoms with E-state index in [2.05, 4.69) is 6.58 Å². The molecule has 10 heteroatoms. The predicted octanol–water partition coefficient (Wildman–Crippen LogP) is 3.13. The molecular formula is C28H30O10. The topological polar surface area (TPSA) is 116 Å². The average Bonchev–Trinajstić information content (AvgIpc) is 3.53. The van der Waals surface area contributed by atoms with Crippen LogP contribution in [0.3, 0.4) is 0 Å². The summed E-state index contributed by atoms with van der Waals surface area (Å²) in [6, 6.07) is 13.2. The summed E-state index contributed by atoms with van der Waals surface area (Å²) >= 11 is 0. The first-order valence-electron chi connectivity index (χ1n) is 12.3. The summed E-state index contributed by atoms with van der Waals surface area (Å²) in [5.74, 6) is -0.214. The van der Waals surface area contributed by atoms with Crippen LogP contribution in [0, 0.1) is 0 Å². The van der Waals surface area contributed by atoms with Gasteiger partial charge in [-0.2, -0.15) is 0 Å². The van der Waals surface area contributed by atoms with E-state index in [0.29, 0.717) is 48.7 Å². The maximum Gasteiger partial charge on any atom is 0.338 e. The Morgan fingerprint density at radius 1 is 0.816 bits per heavy atom. The van der Waals surface area contributed by atoms with Gasteiger partial charge >= 0.3 is 17.9 Å². The second-order valence-corrected chi connectivity index (χ2v) is 8.66. The minimum absolute atomic E-state index is 0.140. The highest BCUT2D eigenvalue weighted by molar-refractivity contribution is 5.90. The highest BCUT2D eigenvalue weighted by Gasteiger charge is 2.51. The summed E-state index contributed by atoms with van der Waals surface area (Å²) in [7, 11) is 1.55. The molecule has 0 aromatic heterocycles. The van der Waals surface area contributed by atoms with Crippen molar-refractivity contribution >= 4 is 17.9 Å². The van der Waals surface area contributed by atoms with Crippen LogP contribution in [-0.2, 0) is 28.5 Å². The van der Waals surface area contributed by atoms with Crippen molar-refractivity contribution in [1.29, 1.82) is 0 Å². The molecule has 0 radical (unpaired) electrons. The van der Waals surface area contributed by atoms with Crippen molar-refractivity contribution in [3.63, 3.8) is 0 Å². The molecule has 0 saturated carbocycles. The summed E-state index contributed by atoms with van der Waals surface area (Å²) in [6.07, 6.45) is 0.216. The Morgan fingerprint density at radius 3 is 1.82 bits per heavy atom. The number of methoxy groups -OCH3 is 1. The number of carbonyl (C=O) groups is 3. The zero-order valence-electron chi connectivity index (χ0n) is 21.0. The van der Waals surface area contributed by atoms with E-state index in [-0.39, 0.29) is 13.2 Å². The Bertz CT molecular complexity index is 1110. The minimum Gasteiger partial charge on any atom is -0.497 e. The Kier molecular flexibility index (Phi) is 9.34. The van der Waals surface area contributed by atoms with E-state index in [1.54, 1.807) is 55.6 Å². The van der Waals surface area contributed by atoms with Crippen LogP contribution in [0.2, 0.25) is 0 Å². The zero-order chi connectivity index (χ0) is 26.9. The van der Waals surface area contributed by atoms with Gasteiger partial charge in [0.05, 0.1) is 44.7 Å². The van der Waals surface area contributed by atoms with Crippen molar-refractivity contribution in [3.8, 4) is 11.5 Å². The molecule has 2 aromatic rings. The normalized spacial score (nSPS) is 21.7. The van der Waals surface area contributed by atoms with Gasteiger partial charge in [0.15, 0.2) is 12.2 Å². The third kappa shape index (κ3) is 6.90. The van der Waals surface area contributed by atoms with E-state index in [9.17, 15) is 14.4 Å². The van der Waals surface area contributed by atoms with E-state index in [1.165, 1.54) is 0 Å². The Balaban J connectivity index is 1.20. The fraction of sp³-hybridized carbons (Fsp3) is 0.393. The fourth-order valence-corrected chi connectivity index (χ4v) is 4.08. The van der Waals surface area contributed by atoms with E-state index in [1.807, 2.05) is 0 Å². The number of fused-ring (bicyclic) bond motifs is 1. The van der Waals surface area contributed by atoms with Crippen molar-refractivity contribution in [1.82, 2.24) is 0 Å². The summed E-state index contributed by atoms with van der Waals surface area (Å²) in [4.78, 5) is 36.2. The van der Waals surface area contributed by atoms with Crippen molar-refractivity contribution in [2.24, 2.45) is 0 Å². The van der Waals surface area contributed by atoms with Crippen LogP contribution in [0.25, 0.3) is 0 Å². The van der Waals surface area contributed by atoms with E-state index in [0.717, 1.165) is 6.08 Å². The number of hydrogen-bond donors (Lipinski definition) is 0. The lowest BCUT2D eigenvalue weighted by Gasteiger charge is -2.17. The summed E-state index contributed by atoms with van der Waals surface area (Å²) in [5.41, 5.74) is 0.745. The third-order valence-corrected chi connectivity index (χ3v) is 6.11. The zero-order valence-corrected chi connectivity index (χ0v) is 21.0. The summed E-state index contributed by atoms with van der Waals surface area (Å²) in [5, 5.41) is 0. The lowest BCUT2D eigenvalue weighted by Crippen LogP contribution is -2.36. The van der Waals surface area contributed by atoms with Crippen molar-refractivity contribution < 1.29 is 47.5 Å². The van der Waals surface area contributed by atoms with Gasteiger partial charge in [-0.25, -0.2) is 14.4 Å². The molecule has 2 fully saturated rings. The van der Waals surface area contributed by atoms with Crippen LogP contribution < -0.4 is 9.47 Å². The lowest BCUT2D eigenvalue weighted by molar-refractivity contribution is -0.137. The van der Waals surface area contributed by atoms with Gasteiger partial charge in [-0.05, 0) is 61.4 Å². The molecule has 0 bridgehead atoms. The number of benzene rings is 2. The first-order valence-corrected chi connectivity index (χ1v) is 12.3. The first kappa shape index (κ1) is 27.2. The van der Waals surface area contributed by atoms with Crippen LogP contribution in [0.15, 0.2) is 61.2 Å². The number of unbranched alkanes of at least 4 members (excludes halogenated alkanes) is 1. The number of esters is 3. The molecular weight excluding hydrogens is 496 g/mol. The highest BCUT2D eigenvalue weighted by Crippen LogP contribution is 2.31. The number of carbonyl (C=O) groups excluding carboxylic acids is 3. The largest absolute Gasteiger partial charge is 0.497 e. The molecule has 4 atom stereocenters. The van der Waals surface area contributed by atoms with Crippen molar-refractivity contribution in [2.45, 2.75) is 37.3 Å². The van der Waals surface area contributed by atoms with Crippen LogP contribution in [0.4, 0.5) is 0 Å².